The van der Waals surface area contributed by atoms with Crippen molar-refractivity contribution in [1.29, 1.82) is 0 Å². The average molecular weight is 512 g/mol. The summed E-state index contributed by atoms with van der Waals surface area (Å²) in [6, 6.07) is 13.8. The molecule has 0 saturated carbocycles. The zero-order chi connectivity index (χ0) is 23.1. The minimum atomic E-state index is -4.05. The molecule has 2 aromatic carbocycles. The van der Waals surface area contributed by atoms with Crippen LogP contribution in [0.1, 0.15) is 11.1 Å². The predicted molar refractivity (Wildman–Crippen MR) is 125 cm³/mol. The van der Waals surface area contributed by atoms with Gasteiger partial charge in [0, 0.05) is 34.0 Å². The largest absolute Gasteiger partial charge is 0.272 e. The van der Waals surface area contributed by atoms with Gasteiger partial charge in [-0.2, -0.15) is 9.41 Å². The fraction of sp³-hybridized carbons (Fsp3) is 0.0952. The van der Waals surface area contributed by atoms with Gasteiger partial charge in [0.1, 0.15) is 0 Å². The first-order chi connectivity index (χ1) is 15.3. The first kappa shape index (κ1) is 24.2. The van der Waals surface area contributed by atoms with Gasteiger partial charge in [0.15, 0.2) is 0 Å². The van der Waals surface area contributed by atoms with E-state index >= 15 is 0 Å². The Kier molecular flexibility index (Phi) is 8.22. The van der Waals surface area contributed by atoms with Gasteiger partial charge < -0.3 is 0 Å². The zero-order valence-electron chi connectivity index (χ0n) is 16.5. The predicted octanol–water partition coefficient (Wildman–Crippen LogP) is 4.38. The summed E-state index contributed by atoms with van der Waals surface area (Å²) in [5.74, 6) is -0.627. The van der Waals surface area contributed by atoms with Crippen molar-refractivity contribution >= 4 is 56.9 Å². The van der Waals surface area contributed by atoms with E-state index < -0.39 is 22.5 Å². The Hall–Kier alpha value is -2.49. The number of nitrogens with one attached hydrogen (secondary N) is 1. The van der Waals surface area contributed by atoms with Crippen LogP contribution in [0.25, 0.3) is 0 Å². The van der Waals surface area contributed by atoms with E-state index in [0.29, 0.717) is 15.6 Å². The van der Waals surface area contributed by atoms with Crippen LogP contribution in [0.4, 0.5) is 0 Å². The second-order valence-corrected chi connectivity index (χ2v) is 9.75. The lowest BCUT2D eigenvalue weighted by Gasteiger charge is -2.22. The number of hydrogen-bond acceptors (Lipinski definition) is 5. The third-order valence-corrected chi connectivity index (χ3v) is 6.89. The van der Waals surface area contributed by atoms with Crippen molar-refractivity contribution in [3.8, 4) is 0 Å². The van der Waals surface area contributed by atoms with Crippen LogP contribution in [0.3, 0.4) is 0 Å². The standard InChI is InChI=1S/C21H17Cl3N4O3S/c22-17-3-5-19(6-4-17)32(30,31)28(13-16-1-2-18(23)11-20(16)24)14-21(29)27-26-12-15-7-9-25-10-8-15/h1-12H,13-14H2,(H,27,29)/b26-12-. The molecule has 0 fully saturated rings. The highest BCUT2D eigenvalue weighted by atomic mass is 35.5. The Labute approximate surface area is 200 Å². The Morgan fingerprint density at radius 3 is 2.31 bits per heavy atom. The second kappa shape index (κ2) is 10.9. The van der Waals surface area contributed by atoms with E-state index in [4.69, 9.17) is 34.8 Å². The van der Waals surface area contributed by atoms with Crippen LogP contribution in [0.15, 0.2) is 77.0 Å². The number of sulfonamides is 1. The molecule has 0 aliphatic rings. The van der Waals surface area contributed by atoms with Gasteiger partial charge in [-0.1, -0.05) is 40.9 Å². The van der Waals surface area contributed by atoms with Crippen LogP contribution >= 0.6 is 34.8 Å². The molecule has 0 spiro atoms. The van der Waals surface area contributed by atoms with Gasteiger partial charge >= 0.3 is 0 Å². The first-order valence-corrected chi connectivity index (χ1v) is 11.7. The molecule has 0 aliphatic heterocycles. The van der Waals surface area contributed by atoms with Crippen LogP contribution in [0, 0.1) is 0 Å². The van der Waals surface area contributed by atoms with Crippen LogP contribution in [0.2, 0.25) is 15.1 Å². The van der Waals surface area contributed by atoms with Crippen molar-refractivity contribution < 1.29 is 13.2 Å². The number of carbonyl (C=O) groups is 1. The molecule has 3 rings (SSSR count). The number of halogens is 3. The van der Waals surface area contributed by atoms with Crippen LogP contribution in [-0.4, -0.2) is 36.4 Å². The van der Waals surface area contributed by atoms with Crippen molar-refractivity contribution in [2.75, 3.05) is 6.54 Å². The molecule has 3 aromatic rings. The van der Waals surface area contributed by atoms with Crippen molar-refractivity contribution in [2.24, 2.45) is 5.10 Å². The molecule has 11 heteroatoms. The third-order valence-electron chi connectivity index (χ3n) is 4.24. The molecule has 1 aromatic heterocycles. The lowest BCUT2D eigenvalue weighted by molar-refractivity contribution is -0.121. The molecule has 0 saturated heterocycles. The molecule has 7 nitrogen and oxygen atoms in total. The van der Waals surface area contributed by atoms with E-state index in [0.717, 1.165) is 9.87 Å². The number of rotatable bonds is 8. The van der Waals surface area contributed by atoms with E-state index in [-0.39, 0.29) is 16.5 Å². The number of benzene rings is 2. The molecule has 166 valence electrons. The van der Waals surface area contributed by atoms with Crippen LogP contribution in [-0.2, 0) is 21.4 Å². The summed E-state index contributed by atoms with van der Waals surface area (Å²) in [7, 11) is -4.05. The van der Waals surface area contributed by atoms with Crippen molar-refractivity contribution in [3.63, 3.8) is 0 Å². The summed E-state index contributed by atoms with van der Waals surface area (Å²) in [4.78, 5) is 16.4. The van der Waals surface area contributed by atoms with E-state index in [2.05, 4.69) is 15.5 Å². The van der Waals surface area contributed by atoms with Gasteiger partial charge in [0.25, 0.3) is 5.91 Å². The summed E-state index contributed by atoms with van der Waals surface area (Å²) < 4.78 is 27.5. The minimum absolute atomic E-state index is 0.0138. The fourth-order valence-electron chi connectivity index (χ4n) is 2.65. The molecule has 0 bridgehead atoms. The van der Waals surface area contributed by atoms with Gasteiger partial charge in [-0.05, 0) is 59.7 Å². The van der Waals surface area contributed by atoms with Crippen LogP contribution in [0.5, 0.6) is 0 Å². The lowest BCUT2D eigenvalue weighted by atomic mass is 10.2. The highest BCUT2D eigenvalue weighted by Gasteiger charge is 2.27. The maximum absolute atomic E-state index is 13.2. The SMILES string of the molecule is O=C(CN(Cc1ccc(Cl)cc1Cl)S(=O)(=O)c1ccc(Cl)cc1)N/N=C\c1ccncc1. The number of hydrazone groups is 1. The van der Waals surface area contributed by atoms with Crippen molar-refractivity contribution in [3.05, 3.63) is 93.2 Å². The molecule has 32 heavy (non-hydrogen) atoms. The number of carbonyl (C=O) groups excluding carboxylic acids is 1. The van der Waals surface area contributed by atoms with E-state index in [1.165, 1.54) is 36.5 Å². The van der Waals surface area contributed by atoms with Crippen LogP contribution < -0.4 is 5.43 Å². The Morgan fingerprint density at radius 2 is 1.66 bits per heavy atom. The molecule has 1 amide bonds. The maximum Gasteiger partial charge on any atom is 0.255 e. The summed E-state index contributed by atoms with van der Waals surface area (Å²) in [5, 5.41) is 4.94. The molecule has 0 unspecified atom stereocenters. The van der Waals surface area contributed by atoms with Gasteiger partial charge in [-0.15, -0.1) is 0 Å². The highest BCUT2D eigenvalue weighted by Crippen LogP contribution is 2.25. The zero-order valence-corrected chi connectivity index (χ0v) is 19.5. The quantitative estimate of drug-likeness (QED) is 0.359. The Balaban J connectivity index is 1.83. The molecule has 0 atom stereocenters. The minimum Gasteiger partial charge on any atom is -0.272 e. The van der Waals surface area contributed by atoms with Crippen molar-refractivity contribution in [1.82, 2.24) is 14.7 Å². The average Bonchev–Trinajstić information content (AvgIpc) is 2.76. The molecule has 1 N–H and O–H groups in total. The summed E-state index contributed by atoms with van der Waals surface area (Å²) in [6.07, 6.45) is 4.59. The van der Waals surface area contributed by atoms with Gasteiger partial charge in [-0.3, -0.25) is 9.78 Å². The molecule has 1 heterocycles. The molecular weight excluding hydrogens is 495 g/mol. The number of hydrogen-bond donors (Lipinski definition) is 1. The topological polar surface area (TPSA) is 91.7 Å². The first-order valence-electron chi connectivity index (χ1n) is 9.17. The van der Waals surface area contributed by atoms with Gasteiger partial charge in [-0.25, -0.2) is 13.8 Å². The smallest absolute Gasteiger partial charge is 0.255 e. The van der Waals surface area contributed by atoms with Gasteiger partial charge in [0.05, 0.1) is 17.7 Å². The molecular formula is C21H17Cl3N4O3S. The fourth-order valence-corrected chi connectivity index (χ4v) is 4.61. The summed E-state index contributed by atoms with van der Waals surface area (Å²) in [5.41, 5.74) is 3.54. The van der Waals surface area contributed by atoms with E-state index in [1.54, 1.807) is 36.7 Å². The van der Waals surface area contributed by atoms with E-state index in [9.17, 15) is 13.2 Å². The number of aromatic nitrogens is 1. The summed E-state index contributed by atoms with van der Waals surface area (Å²) in [6.45, 7) is -0.639. The van der Waals surface area contributed by atoms with Gasteiger partial charge in [0.2, 0.25) is 10.0 Å². The third kappa shape index (κ3) is 6.51. The Morgan fingerprint density at radius 1 is 1.00 bits per heavy atom. The van der Waals surface area contributed by atoms with Crippen molar-refractivity contribution in [2.45, 2.75) is 11.4 Å². The maximum atomic E-state index is 13.2. The highest BCUT2D eigenvalue weighted by molar-refractivity contribution is 7.89. The normalized spacial score (nSPS) is 11.8. The number of pyridine rings is 1. The second-order valence-electron chi connectivity index (χ2n) is 6.54. The monoisotopic (exact) mass is 510 g/mol. The van der Waals surface area contributed by atoms with E-state index in [1.807, 2.05) is 0 Å². The molecule has 0 radical (unpaired) electrons. The Bertz CT molecular complexity index is 1220. The molecule has 0 aliphatic carbocycles. The number of amides is 1. The number of nitrogens with zero attached hydrogens (tertiary/aromatic N) is 3. The summed E-state index contributed by atoms with van der Waals surface area (Å²) >= 11 is 18.0. The lowest BCUT2D eigenvalue weighted by Crippen LogP contribution is -2.39.